The van der Waals surface area contributed by atoms with Gasteiger partial charge >= 0.3 is 0 Å². The lowest BCUT2D eigenvalue weighted by atomic mass is 10.2. The van der Waals surface area contributed by atoms with E-state index < -0.39 is 0 Å². The Morgan fingerprint density at radius 1 is 1.16 bits per heavy atom. The molecule has 25 heavy (non-hydrogen) atoms. The predicted molar refractivity (Wildman–Crippen MR) is 112 cm³/mol. The van der Waals surface area contributed by atoms with Gasteiger partial charge in [0.15, 0.2) is 0 Å². The van der Waals surface area contributed by atoms with Gasteiger partial charge in [0.1, 0.15) is 0 Å². The fourth-order valence-electron chi connectivity index (χ4n) is 2.05. The van der Waals surface area contributed by atoms with Gasteiger partial charge in [0, 0.05) is 25.0 Å². The zero-order valence-corrected chi connectivity index (χ0v) is 17.5. The number of hydrogen-bond donors (Lipinski definition) is 2. The molecule has 7 heteroatoms. The monoisotopic (exact) mass is 513 g/mol. The van der Waals surface area contributed by atoms with Crippen molar-refractivity contribution in [3.63, 3.8) is 0 Å². The number of amides is 2. The van der Waals surface area contributed by atoms with Crippen LogP contribution in [-0.2, 0) is 4.79 Å². The van der Waals surface area contributed by atoms with E-state index in [1.165, 1.54) is 0 Å². The number of hydrogen-bond acceptors (Lipinski definition) is 3. The van der Waals surface area contributed by atoms with Crippen LogP contribution in [0.4, 0.5) is 5.69 Å². The Kier molecular flexibility index (Phi) is 7.12. The summed E-state index contributed by atoms with van der Waals surface area (Å²) in [6.07, 6.45) is 0.0997. The van der Waals surface area contributed by atoms with E-state index >= 15 is 0 Å². The molecule has 0 saturated carbocycles. The SMILES string of the molecule is CC(CC(=O)Nc1ccc(Br)cc1C)=NNC(=O)c1ccc(I)cc1. The molecule has 0 aliphatic heterocycles. The van der Waals surface area contributed by atoms with Crippen molar-refractivity contribution in [2.75, 3.05) is 5.32 Å². The lowest BCUT2D eigenvalue weighted by Gasteiger charge is -2.09. The van der Waals surface area contributed by atoms with Crippen LogP contribution >= 0.6 is 38.5 Å². The van der Waals surface area contributed by atoms with Crippen molar-refractivity contribution < 1.29 is 9.59 Å². The maximum Gasteiger partial charge on any atom is 0.271 e. The summed E-state index contributed by atoms with van der Waals surface area (Å²) in [7, 11) is 0. The van der Waals surface area contributed by atoms with E-state index in [9.17, 15) is 9.59 Å². The minimum Gasteiger partial charge on any atom is -0.326 e. The molecule has 0 atom stereocenters. The average molecular weight is 514 g/mol. The van der Waals surface area contributed by atoms with Gasteiger partial charge in [0.25, 0.3) is 5.91 Å². The summed E-state index contributed by atoms with van der Waals surface area (Å²) in [5.74, 6) is -0.491. The first-order chi connectivity index (χ1) is 11.8. The first kappa shape index (κ1) is 19.6. The fraction of sp³-hybridized carbons (Fsp3) is 0.167. The van der Waals surface area contributed by atoms with E-state index in [0.717, 1.165) is 19.3 Å². The Labute approximate surface area is 168 Å². The first-order valence-corrected chi connectivity index (χ1v) is 9.37. The van der Waals surface area contributed by atoms with Crippen LogP contribution in [0, 0.1) is 10.5 Å². The second kappa shape index (κ2) is 9.10. The molecule has 2 aromatic carbocycles. The molecule has 0 unspecified atom stereocenters. The molecule has 2 rings (SSSR count). The summed E-state index contributed by atoms with van der Waals surface area (Å²) in [5, 5.41) is 6.83. The first-order valence-electron chi connectivity index (χ1n) is 7.50. The molecule has 0 spiro atoms. The second-order valence-electron chi connectivity index (χ2n) is 5.48. The zero-order valence-electron chi connectivity index (χ0n) is 13.8. The average Bonchev–Trinajstić information content (AvgIpc) is 2.56. The van der Waals surface area contributed by atoms with Crippen molar-refractivity contribution in [1.82, 2.24) is 5.43 Å². The third-order valence-corrected chi connectivity index (χ3v) is 4.55. The number of rotatable bonds is 5. The highest BCUT2D eigenvalue weighted by atomic mass is 127. The molecule has 0 aliphatic rings. The van der Waals surface area contributed by atoms with Crippen LogP contribution in [0.25, 0.3) is 0 Å². The smallest absolute Gasteiger partial charge is 0.271 e. The van der Waals surface area contributed by atoms with E-state index in [1.54, 1.807) is 19.1 Å². The Balaban J connectivity index is 1.90. The van der Waals surface area contributed by atoms with E-state index in [4.69, 9.17) is 0 Å². The number of nitrogens with one attached hydrogen (secondary N) is 2. The third kappa shape index (κ3) is 6.24. The lowest BCUT2D eigenvalue weighted by molar-refractivity contribution is -0.115. The van der Waals surface area contributed by atoms with Crippen LogP contribution in [0.5, 0.6) is 0 Å². The molecular weight excluding hydrogens is 497 g/mol. The minimum atomic E-state index is -0.306. The number of nitrogens with zero attached hydrogens (tertiary/aromatic N) is 1. The molecule has 0 fully saturated rings. The largest absolute Gasteiger partial charge is 0.326 e. The standard InChI is InChI=1S/C18H17BrIN3O2/c1-11-9-14(19)5-8-16(11)21-17(24)10-12(2)22-23-18(25)13-3-6-15(20)7-4-13/h3-9H,10H2,1-2H3,(H,21,24)(H,23,25). The summed E-state index contributed by atoms with van der Waals surface area (Å²) >= 11 is 5.56. The lowest BCUT2D eigenvalue weighted by Crippen LogP contribution is -2.21. The Bertz CT molecular complexity index is 820. The highest BCUT2D eigenvalue weighted by molar-refractivity contribution is 14.1. The Hall–Kier alpha value is -1.74. The molecular formula is C18H17BrIN3O2. The third-order valence-electron chi connectivity index (χ3n) is 3.33. The number of aryl methyl sites for hydroxylation is 1. The van der Waals surface area contributed by atoms with Crippen molar-refractivity contribution in [2.45, 2.75) is 20.3 Å². The minimum absolute atomic E-state index is 0.0997. The van der Waals surface area contributed by atoms with Gasteiger partial charge in [0.05, 0.1) is 6.42 Å². The van der Waals surface area contributed by atoms with Crippen molar-refractivity contribution in [2.24, 2.45) is 5.10 Å². The summed E-state index contributed by atoms with van der Waals surface area (Å²) in [6, 6.07) is 12.8. The quantitative estimate of drug-likeness (QED) is 0.351. The highest BCUT2D eigenvalue weighted by Gasteiger charge is 2.08. The number of carbonyl (C=O) groups excluding carboxylic acids is 2. The number of carbonyl (C=O) groups is 2. The van der Waals surface area contributed by atoms with Crippen LogP contribution in [0.15, 0.2) is 52.0 Å². The van der Waals surface area contributed by atoms with Gasteiger partial charge in [-0.15, -0.1) is 0 Å². The highest BCUT2D eigenvalue weighted by Crippen LogP contribution is 2.20. The van der Waals surface area contributed by atoms with Gasteiger partial charge in [-0.25, -0.2) is 5.43 Å². The number of halogens is 2. The topological polar surface area (TPSA) is 70.6 Å². The summed E-state index contributed by atoms with van der Waals surface area (Å²) in [5.41, 5.74) is 5.22. The molecule has 0 aliphatic carbocycles. The van der Waals surface area contributed by atoms with E-state index in [2.05, 4.69) is 54.4 Å². The molecule has 0 bridgehead atoms. The summed E-state index contributed by atoms with van der Waals surface area (Å²) in [6.45, 7) is 3.62. The number of benzene rings is 2. The molecule has 2 aromatic rings. The van der Waals surface area contributed by atoms with Gasteiger partial charge in [0.2, 0.25) is 5.91 Å². The van der Waals surface area contributed by atoms with Crippen molar-refractivity contribution >= 4 is 61.7 Å². The van der Waals surface area contributed by atoms with Crippen LogP contribution < -0.4 is 10.7 Å². The summed E-state index contributed by atoms with van der Waals surface area (Å²) < 4.78 is 2.01. The van der Waals surface area contributed by atoms with E-state index in [0.29, 0.717) is 11.3 Å². The molecule has 2 N–H and O–H groups in total. The van der Waals surface area contributed by atoms with Gasteiger partial charge in [-0.05, 0) is 84.5 Å². The fourth-order valence-corrected chi connectivity index (χ4v) is 2.88. The Morgan fingerprint density at radius 2 is 1.84 bits per heavy atom. The summed E-state index contributed by atoms with van der Waals surface area (Å²) in [4.78, 5) is 24.1. The van der Waals surface area contributed by atoms with Crippen LogP contribution in [-0.4, -0.2) is 17.5 Å². The van der Waals surface area contributed by atoms with Crippen molar-refractivity contribution in [3.8, 4) is 0 Å². The molecule has 0 radical (unpaired) electrons. The molecule has 2 amide bonds. The van der Waals surface area contributed by atoms with Crippen molar-refractivity contribution in [1.29, 1.82) is 0 Å². The van der Waals surface area contributed by atoms with Crippen LogP contribution in [0.3, 0.4) is 0 Å². The van der Waals surface area contributed by atoms with Gasteiger partial charge in [-0.2, -0.15) is 5.10 Å². The predicted octanol–water partition coefficient (Wildman–Crippen LogP) is 4.50. The van der Waals surface area contributed by atoms with E-state index in [1.807, 2.05) is 37.3 Å². The number of hydrazone groups is 1. The Morgan fingerprint density at radius 3 is 2.48 bits per heavy atom. The van der Waals surface area contributed by atoms with Gasteiger partial charge < -0.3 is 5.32 Å². The molecule has 0 saturated heterocycles. The number of anilines is 1. The van der Waals surface area contributed by atoms with Gasteiger partial charge in [-0.1, -0.05) is 15.9 Å². The maximum atomic E-state index is 12.1. The van der Waals surface area contributed by atoms with E-state index in [-0.39, 0.29) is 18.2 Å². The zero-order chi connectivity index (χ0) is 18.4. The van der Waals surface area contributed by atoms with Crippen molar-refractivity contribution in [3.05, 3.63) is 61.6 Å². The van der Waals surface area contributed by atoms with Crippen LogP contribution in [0.2, 0.25) is 0 Å². The normalized spacial score (nSPS) is 11.1. The van der Waals surface area contributed by atoms with Gasteiger partial charge in [-0.3, -0.25) is 9.59 Å². The van der Waals surface area contributed by atoms with Crippen LogP contribution in [0.1, 0.15) is 29.3 Å². The second-order valence-corrected chi connectivity index (χ2v) is 7.64. The molecule has 0 heterocycles. The molecule has 0 aromatic heterocycles. The maximum absolute atomic E-state index is 12.1. The molecule has 5 nitrogen and oxygen atoms in total. The molecule has 130 valence electrons.